The van der Waals surface area contributed by atoms with E-state index in [9.17, 15) is 19.8 Å². The monoisotopic (exact) mass is 488 g/mol. The van der Waals surface area contributed by atoms with Crippen molar-refractivity contribution in [3.63, 3.8) is 0 Å². The molecule has 0 aromatic carbocycles. The van der Waals surface area contributed by atoms with E-state index in [4.69, 9.17) is 10.5 Å². The van der Waals surface area contributed by atoms with Crippen LogP contribution in [0.4, 0.5) is 0 Å². The number of nitrogens with one attached hydrogen (secondary N) is 1. The van der Waals surface area contributed by atoms with Gasteiger partial charge in [0, 0.05) is 17.5 Å². The minimum absolute atomic E-state index is 0.0310. The molecule has 0 bridgehead atoms. The summed E-state index contributed by atoms with van der Waals surface area (Å²) in [5.74, 6) is 0.558. The lowest BCUT2D eigenvalue weighted by atomic mass is 9.42. The largest absolute Gasteiger partial charge is 0.458 e. The van der Waals surface area contributed by atoms with Crippen LogP contribution in [-0.2, 0) is 14.3 Å². The molecule has 5 aliphatic rings. The maximum atomic E-state index is 12.6. The first-order valence-corrected chi connectivity index (χ1v) is 13.8. The summed E-state index contributed by atoms with van der Waals surface area (Å²) in [5.41, 5.74) is 5.43. The number of esters is 1. The number of hydrogen-bond donors (Lipinski definition) is 4. The van der Waals surface area contributed by atoms with Crippen molar-refractivity contribution in [2.75, 3.05) is 6.61 Å². The van der Waals surface area contributed by atoms with Crippen LogP contribution in [0.2, 0.25) is 0 Å². The number of hydrogen-bond acceptors (Lipinski definition) is 6. The lowest BCUT2D eigenvalue weighted by Gasteiger charge is -2.65. The third-order valence-electron chi connectivity index (χ3n) is 11.4. The summed E-state index contributed by atoms with van der Waals surface area (Å²) < 4.78 is 5.20. The van der Waals surface area contributed by atoms with Crippen molar-refractivity contribution in [3.05, 3.63) is 11.6 Å². The first-order valence-electron chi connectivity index (χ1n) is 13.8. The van der Waals surface area contributed by atoms with Crippen LogP contribution in [0.15, 0.2) is 11.6 Å². The summed E-state index contributed by atoms with van der Waals surface area (Å²) in [7, 11) is 0. The van der Waals surface area contributed by atoms with Gasteiger partial charge in [-0.1, -0.05) is 27.7 Å². The van der Waals surface area contributed by atoms with Crippen molar-refractivity contribution in [2.45, 2.75) is 103 Å². The molecule has 10 atom stereocenters. The van der Waals surface area contributed by atoms with E-state index in [-0.39, 0.29) is 53.6 Å². The van der Waals surface area contributed by atoms with Crippen molar-refractivity contribution in [2.24, 2.45) is 46.2 Å². The maximum Gasteiger partial charge on any atom is 0.331 e. The van der Waals surface area contributed by atoms with Gasteiger partial charge in [0.15, 0.2) is 0 Å². The number of carbonyl (C=O) groups excluding carboxylic acids is 2. The smallest absolute Gasteiger partial charge is 0.331 e. The fraction of sp³-hybridized carbons (Fsp3) is 0.857. The molecular weight excluding hydrogens is 444 g/mol. The number of carbonyl (C=O) groups is 2. The van der Waals surface area contributed by atoms with E-state index in [1.54, 1.807) is 6.08 Å². The Morgan fingerprint density at radius 1 is 1.14 bits per heavy atom. The van der Waals surface area contributed by atoms with E-state index in [1.807, 2.05) is 20.8 Å². The average Bonchev–Trinajstić information content (AvgIpc) is 3.35. The predicted molar refractivity (Wildman–Crippen MR) is 132 cm³/mol. The Labute approximate surface area is 209 Å². The molecule has 35 heavy (non-hydrogen) atoms. The van der Waals surface area contributed by atoms with E-state index >= 15 is 0 Å². The van der Waals surface area contributed by atoms with Gasteiger partial charge in [0.25, 0.3) is 0 Å². The second kappa shape index (κ2) is 8.56. The molecule has 1 unspecified atom stereocenters. The highest BCUT2D eigenvalue weighted by molar-refractivity contribution is 5.85. The van der Waals surface area contributed by atoms with Crippen LogP contribution in [0.25, 0.3) is 0 Å². The number of rotatable bonds is 4. The lowest BCUT2D eigenvalue weighted by Crippen LogP contribution is -2.67. The van der Waals surface area contributed by atoms with Crippen LogP contribution in [0, 0.1) is 40.4 Å². The van der Waals surface area contributed by atoms with Gasteiger partial charge in [-0.2, -0.15) is 0 Å². The number of fused-ring (bicyclic) bond motifs is 5. The van der Waals surface area contributed by atoms with Crippen molar-refractivity contribution >= 4 is 11.9 Å². The van der Waals surface area contributed by atoms with E-state index in [0.717, 1.165) is 44.1 Å². The summed E-state index contributed by atoms with van der Waals surface area (Å²) in [5, 5.41) is 27.2. The molecular formula is C28H44N2O5. The van der Waals surface area contributed by atoms with Gasteiger partial charge < -0.3 is 26.0 Å². The number of amides is 1. The minimum atomic E-state index is -0.949. The average molecular weight is 489 g/mol. The highest BCUT2D eigenvalue weighted by Crippen LogP contribution is 2.69. The van der Waals surface area contributed by atoms with Gasteiger partial charge in [-0.05, 0) is 91.9 Å². The van der Waals surface area contributed by atoms with E-state index in [0.29, 0.717) is 18.8 Å². The number of nitrogens with two attached hydrogens (primary N) is 1. The molecule has 1 heterocycles. The van der Waals surface area contributed by atoms with E-state index in [2.05, 4.69) is 12.2 Å². The van der Waals surface area contributed by atoms with Gasteiger partial charge >= 0.3 is 5.97 Å². The summed E-state index contributed by atoms with van der Waals surface area (Å²) in [6.07, 6.45) is 7.88. The molecule has 0 radical (unpaired) electrons. The molecule has 4 saturated carbocycles. The SMILES string of the molecule is CC(C)C(N)C(=O)N[C@H]1CC[C@@]2(C)[C@H](CC[C@@H]3[C@@H]2C[C@@H](O)[C@]2(C)[C@@H](C4=CC(=O)OC4)CC[C@]32O)C1. The standard InChI is InChI=1S/C28H44N2O5/c1-15(2)24(29)25(33)30-18-7-9-26(3)17(12-18)5-6-20-21(26)13-22(31)27(4)19(8-10-28(20,27)34)16-11-23(32)35-14-16/h11,15,17-22,24,31,34H,5-10,12-14,29H2,1-4H3,(H,30,33)/t17-,18+,19-,20-,21+,22-,24?,26+,27+,28+/m1/s1. The zero-order valence-corrected chi connectivity index (χ0v) is 21.8. The van der Waals surface area contributed by atoms with Crippen molar-refractivity contribution in [1.82, 2.24) is 5.32 Å². The summed E-state index contributed by atoms with van der Waals surface area (Å²) in [4.78, 5) is 24.4. The first kappa shape index (κ1) is 25.2. The fourth-order valence-corrected chi connectivity index (χ4v) is 9.12. The molecule has 4 fully saturated rings. The van der Waals surface area contributed by atoms with Crippen LogP contribution in [0.3, 0.4) is 0 Å². The zero-order chi connectivity index (χ0) is 25.3. The van der Waals surface area contributed by atoms with Gasteiger partial charge in [-0.3, -0.25) is 4.79 Å². The molecule has 7 nitrogen and oxygen atoms in total. The minimum Gasteiger partial charge on any atom is -0.458 e. The normalized spacial score (nSPS) is 47.9. The summed E-state index contributed by atoms with van der Waals surface area (Å²) in [6, 6.07) is -0.336. The molecule has 1 aliphatic heterocycles. The Morgan fingerprint density at radius 3 is 2.54 bits per heavy atom. The van der Waals surface area contributed by atoms with E-state index < -0.39 is 23.2 Å². The molecule has 0 saturated heterocycles. The Bertz CT molecular complexity index is 919. The highest BCUT2D eigenvalue weighted by atomic mass is 16.5. The molecule has 5 N–H and O–H groups in total. The second-order valence-corrected chi connectivity index (χ2v) is 13.1. The Hall–Kier alpha value is -1.44. The Morgan fingerprint density at radius 2 is 1.89 bits per heavy atom. The molecule has 196 valence electrons. The van der Waals surface area contributed by atoms with Gasteiger partial charge in [-0.15, -0.1) is 0 Å². The van der Waals surface area contributed by atoms with Crippen LogP contribution < -0.4 is 11.1 Å². The Kier molecular flexibility index (Phi) is 6.17. The molecule has 4 aliphatic carbocycles. The van der Waals surface area contributed by atoms with Gasteiger partial charge in [-0.25, -0.2) is 4.79 Å². The van der Waals surface area contributed by atoms with Crippen molar-refractivity contribution in [1.29, 1.82) is 0 Å². The second-order valence-electron chi connectivity index (χ2n) is 13.1. The molecule has 5 rings (SSSR count). The fourth-order valence-electron chi connectivity index (χ4n) is 9.12. The third kappa shape index (κ3) is 3.63. The predicted octanol–water partition coefficient (Wildman–Crippen LogP) is 2.68. The zero-order valence-electron chi connectivity index (χ0n) is 21.8. The highest BCUT2D eigenvalue weighted by Gasteiger charge is 2.70. The molecule has 0 aromatic rings. The number of aliphatic hydroxyl groups is 2. The molecule has 1 amide bonds. The first-order chi connectivity index (χ1) is 16.4. The molecule has 7 heteroatoms. The number of cyclic esters (lactones) is 1. The quantitative estimate of drug-likeness (QED) is 0.452. The van der Waals surface area contributed by atoms with Crippen LogP contribution in [-0.4, -0.2) is 52.5 Å². The molecule has 0 spiro atoms. The maximum absolute atomic E-state index is 12.6. The summed E-state index contributed by atoms with van der Waals surface area (Å²) >= 11 is 0. The summed E-state index contributed by atoms with van der Waals surface area (Å²) in [6.45, 7) is 8.64. The number of aliphatic hydroxyl groups excluding tert-OH is 1. The third-order valence-corrected chi connectivity index (χ3v) is 11.4. The van der Waals surface area contributed by atoms with Gasteiger partial charge in [0.05, 0.1) is 17.7 Å². The van der Waals surface area contributed by atoms with E-state index in [1.165, 1.54) is 0 Å². The van der Waals surface area contributed by atoms with Crippen molar-refractivity contribution < 1.29 is 24.5 Å². The van der Waals surface area contributed by atoms with Crippen LogP contribution in [0.1, 0.15) is 79.1 Å². The van der Waals surface area contributed by atoms with Gasteiger partial charge in [0.1, 0.15) is 6.61 Å². The van der Waals surface area contributed by atoms with Gasteiger partial charge in [0.2, 0.25) is 5.91 Å². The topological polar surface area (TPSA) is 122 Å². The number of ether oxygens (including phenoxy) is 1. The van der Waals surface area contributed by atoms with Crippen LogP contribution in [0.5, 0.6) is 0 Å². The molecule has 0 aromatic heterocycles. The van der Waals surface area contributed by atoms with Crippen LogP contribution >= 0.6 is 0 Å². The lowest BCUT2D eigenvalue weighted by molar-refractivity contribution is -0.243. The Balaban J connectivity index is 1.35. The van der Waals surface area contributed by atoms with Crippen molar-refractivity contribution in [3.8, 4) is 0 Å².